The predicted octanol–water partition coefficient (Wildman–Crippen LogP) is 1.50. The van der Waals surface area contributed by atoms with E-state index in [4.69, 9.17) is 10.5 Å². The van der Waals surface area contributed by atoms with Crippen molar-refractivity contribution < 1.29 is 9.53 Å². The Morgan fingerprint density at radius 3 is 2.79 bits per heavy atom. The number of carbonyl (C=O) groups excluding carboxylic acids is 1. The largest absolute Gasteiger partial charge is 0.496 e. The van der Waals surface area contributed by atoms with E-state index in [0.717, 1.165) is 11.3 Å². The lowest BCUT2D eigenvalue weighted by molar-refractivity contribution is 0.163. The van der Waals surface area contributed by atoms with E-state index in [1.54, 1.807) is 12.0 Å². The van der Waals surface area contributed by atoms with E-state index < -0.39 is 0 Å². The minimum atomic E-state index is -0.346. The minimum absolute atomic E-state index is 0.0607. The number of urea groups is 1. The molecular formula is C14H21N3O2. The average molecular weight is 263 g/mol. The SMILES string of the molecule is COc1ccccc1C1CN(C(C)(C)CN)C(=O)N1. The van der Waals surface area contributed by atoms with Crippen LogP contribution < -0.4 is 15.8 Å². The number of hydrogen-bond donors (Lipinski definition) is 2. The Labute approximate surface area is 113 Å². The van der Waals surface area contributed by atoms with E-state index in [2.05, 4.69) is 5.32 Å². The molecule has 1 aliphatic rings. The molecule has 5 nitrogen and oxygen atoms in total. The highest BCUT2D eigenvalue weighted by atomic mass is 16.5. The molecule has 0 bridgehead atoms. The van der Waals surface area contributed by atoms with E-state index >= 15 is 0 Å². The first kappa shape index (κ1) is 13.7. The van der Waals surface area contributed by atoms with Crippen LogP contribution in [0.25, 0.3) is 0 Å². The van der Waals surface area contributed by atoms with Gasteiger partial charge >= 0.3 is 6.03 Å². The Bertz CT molecular complexity index is 474. The molecule has 0 radical (unpaired) electrons. The molecule has 1 saturated heterocycles. The molecule has 1 aromatic carbocycles. The van der Waals surface area contributed by atoms with Crippen molar-refractivity contribution in [2.45, 2.75) is 25.4 Å². The molecule has 0 aliphatic carbocycles. The highest BCUT2D eigenvalue weighted by molar-refractivity contribution is 5.78. The van der Waals surface area contributed by atoms with Crippen LogP contribution in [0, 0.1) is 0 Å². The fraction of sp³-hybridized carbons (Fsp3) is 0.500. The van der Waals surface area contributed by atoms with Gasteiger partial charge in [0.15, 0.2) is 0 Å². The van der Waals surface area contributed by atoms with Crippen LogP contribution in [-0.2, 0) is 0 Å². The third-order valence-electron chi connectivity index (χ3n) is 3.65. The van der Waals surface area contributed by atoms with Crippen LogP contribution in [0.4, 0.5) is 4.79 Å². The number of rotatable bonds is 4. The van der Waals surface area contributed by atoms with Gasteiger partial charge in [-0.25, -0.2) is 4.79 Å². The number of nitrogens with zero attached hydrogens (tertiary/aromatic N) is 1. The number of ether oxygens (including phenoxy) is 1. The molecule has 3 N–H and O–H groups in total. The third kappa shape index (κ3) is 2.51. The lowest BCUT2D eigenvalue weighted by atomic mass is 10.0. The first-order chi connectivity index (χ1) is 8.99. The number of para-hydroxylation sites is 1. The van der Waals surface area contributed by atoms with Crippen LogP contribution >= 0.6 is 0 Å². The number of benzene rings is 1. The van der Waals surface area contributed by atoms with Gasteiger partial charge < -0.3 is 20.7 Å². The fourth-order valence-corrected chi connectivity index (χ4v) is 2.30. The van der Waals surface area contributed by atoms with E-state index in [1.165, 1.54) is 0 Å². The molecule has 2 rings (SSSR count). The van der Waals surface area contributed by atoms with Crippen molar-refractivity contribution in [3.63, 3.8) is 0 Å². The topological polar surface area (TPSA) is 67.6 Å². The van der Waals surface area contributed by atoms with E-state index in [1.807, 2.05) is 38.1 Å². The molecular weight excluding hydrogens is 242 g/mol. The quantitative estimate of drug-likeness (QED) is 0.865. The fourth-order valence-electron chi connectivity index (χ4n) is 2.30. The Morgan fingerprint density at radius 1 is 1.47 bits per heavy atom. The molecule has 0 saturated carbocycles. The van der Waals surface area contributed by atoms with Gasteiger partial charge in [-0.2, -0.15) is 0 Å². The second-order valence-electron chi connectivity index (χ2n) is 5.37. The number of carbonyl (C=O) groups is 1. The summed E-state index contributed by atoms with van der Waals surface area (Å²) in [6, 6.07) is 7.60. The zero-order valence-corrected chi connectivity index (χ0v) is 11.6. The summed E-state index contributed by atoms with van der Waals surface area (Å²) in [4.78, 5) is 13.9. The maximum absolute atomic E-state index is 12.1. The average Bonchev–Trinajstić information content (AvgIpc) is 2.81. The Hall–Kier alpha value is -1.75. The summed E-state index contributed by atoms with van der Waals surface area (Å²) < 4.78 is 5.35. The summed E-state index contributed by atoms with van der Waals surface area (Å²) in [5.74, 6) is 0.792. The number of methoxy groups -OCH3 is 1. The summed E-state index contributed by atoms with van der Waals surface area (Å²) >= 11 is 0. The molecule has 0 aromatic heterocycles. The molecule has 1 aliphatic heterocycles. The molecule has 19 heavy (non-hydrogen) atoms. The lowest BCUT2D eigenvalue weighted by Crippen LogP contribution is -2.50. The Kier molecular flexibility index (Phi) is 3.66. The molecule has 2 amide bonds. The highest BCUT2D eigenvalue weighted by Crippen LogP contribution is 2.31. The van der Waals surface area contributed by atoms with Gasteiger partial charge in [0, 0.05) is 18.7 Å². The van der Waals surface area contributed by atoms with Gasteiger partial charge in [0.25, 0.3) is 0 Å². The number of hydrogen-bond acceptors (Lipinski definition) is 3. The van der Waals surface area contributed by atoms with Crippen LogP contribution in [0.15, 0.2) is 24.3 Å². The van der Waals surface area contributed by atoms with Crippen LogP contribution in [0.3, 0.4) is 0 Å². The maximum atomic E-state index is 12.1. The number of nitrogens with two attached hydrogens (primary N) is 1. The normalized spacial score (nSPS) is 19.5. The monoisotopic (exact) mass is 263 g/mol. The standard InChI is InChI=1S/C14H21N3O2/c1-14(2,9-15)17-8-11(16-13(17)18)10-6-4-5-7-12(10)19-3/h4-7,11H,8-9,15H2,1-3H3,(H,16,18). The third-order valence-corrected chi connectivity index (χ3v) is 3.65. The van der Waals surface area contributed by atoms with Crippen molar-refractivity contribution in [1.29, 1.82) is 0 Å². The maximum Gasteiger partial charge on any atom is 0.318 e. The van der Waals surface area contributed by atoms with Crippen molar-refractivity contribution in [2.75, 3.05) is 20.2 Å². The minimum Gasteiger partial charge on any atom is -0.496 e. The molecule has 1 atom stereocenters. The van der Waals surface area contributed by atoms with E-state index in [9.17, 15) is 4.79 Å². The summed E-state index contributed by atoms with van der Waals surface area (Å²) in [5, 5.41) is 2.99. The molecule has 0 spiro atoms. The van der Waals surface area contributed by atoms with Crippen molar-refractivity contribution in [3.05, 3.63) is 29.8 Å². The summed E-state index contributed by atoms with van der Waals surface area (Å²) in [7, 11) is 1.64. The molecule has 1 heterocycles. The van der Waals surface area contributed by atoms with Gasteiger partial charge in [-0.15, -0.1) is 0 Å². The van der Waals surface area contributed by atoms with Gasteiger partial charge in [-0.3, -0.25) is 0 Å². The Morgan fingerprint density at radius 2 is 2.16 bits per heavy atom. The van der Waals surface area contributed by atoms with Crippen LogP contribution in [-0.4, -0.2) is 36.7 Å². The Balaban J connectivity index is 2.24. The predicted molar refractivity (Wildman–Crippen MR) is 74.1 cm³/mol. The van der Waals surface area contributed by atoms with Crippen molar-refractivity contribution in [2.24, 2.45) is 5.73 Å². The van der Waals surface area contributed by atoms with Gasteiger partial charge in [0.05, 0.1) is 18.7 Å². The number of nitrogens with one attached hydrogen (secondary N) is 1. The van der Waals surface area contributed by atoms with Gasteiger partial charge in [0.2, 0.25) is 0 Å². The summed E-state index contributed by atoms with van der Waals surface area (Å²) in [6.07, 6.45) is 0. The van der Waals surface area contributed by atoms with Gasteiger partial charge in [0.1, 0.15) is 5.75 Å². The zero-order valence-electron chi connectivity index (χ0n) is 11.6. The van der Waals surface area contributed by atoms with E-state index in [0.29, 0.717) is 13.1 Å². The zero-order chi connectivity index (χ0) is 14.0. The van der Waals surface area contributed by atoms with Crippen LogP contribution in [0.2, 0.25) is 0 Å². The highest BCUT2D eigenvalue weighted by Gasteiger charge is 2.38. The number of amides is 2. The first-order valence-electron chi connectivity index (χ1n) is 6.40. The summed E-state index contributed by atoms with van der Waals surface area (Å²) in [5.41, 5.74) is 6.39. The molecule has 1 aromatic rings. The first-order valence-corrected chi connectivity index (χ1v) is 6.40. The summed E-state index contributed by atoms with van der Waals surface area (Å²) in [6.45, 7) is 4.97. The van der Waals surface area contributed by atoms with Crippen LogP contribution in [0.5, 0.6) is 5.75 Å². The molecule has 1 unspecified atom stereocenters. The van der Waals surface area contributed by atoms with E-state index in [-0.39, 0.29) is 17.6 Å². The van der Waals surface area contributed by atoms with Crippen molar-refractivity contribution >= 4 is 6.03 Å². The van der Waals surface area contributed by atoms with Crippen molar-refractivity contribution in [3.8, 4) is 5.75 Å². The van der Waals surface area contributed by atoms with Crippen molar-refractivity contribution in [1.82, 2.24) is 10.2 Å². The second-order valence-corrected chi connectivity index (χ2v) is 5.37. The van der Waals surface area contributed by atoms with Crippen LogP contribution in [0.1, 0.15) is 25.5 Å². The molecule has 5 heteroatoms. The van der Waals surface area contributed by atoms with Gasteiger partial charge in [-0.05, 0) is 19.9 Å². The molecule has 104 valence electrons. The molecule has 1 fully saturated rings. The smallest absolute Gasteiger partial charge is 0.318 e. The lowest BCUT2D eigenvalue weighted by Gasteiger charge is -2.33. The second kappa shape index (κ2) is 5.09. The van der Waals surface area contributed by atoms with Gasteiger partial charge in [-0.1, -0.05) is 18.2 Å².